The summed E-state index contributed by atoms with van der Waals surface area (Å²) in [7, 11) is 0. The minimum absolute atomic E-state index is 0.291. The van der Waals surface area contributed by atoms with Gasteiger partial charge in [-0.3, -0.25) is 0 Å². The van der Waals surface area contributed by atoms with Crippen LogP contribution in [0, 0.1) is 0 Å². The van der Waals surface area contributed by atoms with Crippen molar-refractivity contribution in [2.24, 2.45) is 0 Å². The molecule has 0 fully saturated rings. The van der Waals surface area contributed by atoms with E-state index >= 15 is 0 Å². The zero-order chi connectivity index (χ0) is 12.0. The second-order valence-electron chi connectivity index (χ2n) is 3.87. The van der Waals surface area contributed by atoms with Crippen LogP contribution in [0.1, 0.15) is 26.3 Å². The summed E-state index contributed by atoms with van der Waals surface area (Å²) in [5, 5.41) is 10.2. The van der Waals surface area contributed by atoms with E-state index in [4.69, 9.17) is 9.47 Å². The Labute approximate surface area is 97.0 Å². The number of ether oxygens (including phenoxy) is 2. The van der Waals surface area contributed by atoms with Crippen LogP contribution in [-0.4, -0.2) is 24.9 Å². The first-order chi connectivity index (χ1) is 7.60. The second-order valence-corrected chi connectivity index (χ2v) is 3.87. The van der Waals surface area contributed by atoms with Crippen LogP contribution in [-0.2, 0) is 10.3 Å². The van der Waals surface area contributed by atoms with E-state index < -0.39 is 5.60 Å². The number of aliphatic hydroxyl groups is 1. The van der Waals surface area contributed by atoms with Crippen LogP contribution in [0.4, 0.5) is 0 Å². The van der Waals surface area contributed by atoms with Crippen LogP contribution in [0.3, 0.4) is 0 Å². The van der Waals surface area contributed by atoms with Crippen molar-refractivity contribution in [1.82, 2.24) is 0 Å². The van der Waals surface area contributed by atoms with Crippen molar-refractivity contribution in [2.45, 2.75) is 26.4 Å². The van der Waals surface area contributed by atoms with E-state index in [0.717, 1.165) is 11.3 Å². The zero-order valence-corrected chi connectivity index (χ0v) is 10.2. The summed E-state index contributed by atoms with van der Waals surface area (Å²) in [5.41, 5.74) is -0.157. The molecule has 3 nitrogen and oxygen atoms in total. The van der Waals surface area contributed by atoms with E-state index in [0.29, 0.717) is 19.8 Å². The summed E-state index contributed by atoms with van der Waals surface area (Å²) in [4.78, 5) is 0. The average molecular weight is 224 g/mol. The number of hydrogen-bond acceptors (Lipinski definition) is 3. The lowest BCUT2D eigenvalue weighted by Gasteiger charge is -2.23. The largest absolute Gasteiger partial charge is 0.494 e. The Kier molecular flexibility index (Phi) is 4.77. The van der Waals surface area contributed by atoms with Crippen LogP contribution in [0.25, 0.3) is 0 Å². The van der Waals surface area contributed by atoms with Crippen LogP contribution in [0.2, 0.25) is 0 Å². The van der Waals surface area contributed by atoms with Gasteiger partial charge < -0.3 is 14.6 Å². The van der Waals surface area contributed by atoms with Gasteiger partial charge in [-0.1, -0.05) is 12.1 Å². The van der Waals surface area contributed by atoms with Gasteiger partial charge in [-0.15, -0.1) is 0 Å². The fraction of sp³-hybridized carbons (Fsp3) is 0.538. The van der Waals surface area contributed by atoms with Gasteiger partial charge in [0.15, 0.2) is 0 Å². The lowest BCUT2D eigenvalue weighted by Crippen LogP contribution is -2.27. The second kappa shape index (κ2) is 5.87. The van der Waals surface area contributed by atoms with Crippen molar-refractivity contribution >= 4 is 0 Å². The van der Waals surface area contributed by atoms with Gasteiger partial charge in [0.1, 0.15) is 11.4 Å². The van der Waals surface area contributed by atoms with Crippen LogP contribution >= 0.6 is 0 Å². The van der Waals surface area contributed by atoms with Crippen LogP contribution < -0.4 is 4.74 Å². The SMILES string of the molecule is CCOCC(C)(O)c1cccc(OCC)c1. The highest BCUT2D eigenvalue weighted by atomic mass is 16.5. The Morgan fingerprint density at radius 1 is 1.25 bits per heavy atom. The third kappa shape index (κ3) is 3.51. The predicted octanol–water partition coefficient (Wildman–Crippen LogP) is 2.33. The van der Waals surface area contributed by atoms with E-state index in [1.165, 1.54) is 0 Å². The molecule has 0 radical (unpaired) electrons. The molecule has 0 aliphatic rings. The molecule has 1 aromatic rings. The lowest BCUT2D eigenvalue weighted by molar-refractivity contribution is -0.0344. The Hall–Kier alpha value is -1.06. The standard InChI is InChI=1S/C13H20O3/c1-4-15-10-13(3,14)11-7-6-8-12(9-11)16-5-2/h6-9,14H,4-5,10H2,1-3H3. The average Bonchev–Trinajstić information content (AvgIpc) is 2.27. The molecular weight excluding hydrogens is 204 g/mol. The molecule has 16 heavy (non-hydrogen) atoms. The van der Waals surface area contributed by atoms with E-state index in [2.05, 4.69) is 0 Å². The normalized spacial score (nSPS) is 14.5. The van der Waals surface area contributed by atoms with Crippen molar-refractivity contribution in [1.29, 1.82) is 0 Å². The molecule has 1 unspecified atom stereocenters. The summed E-state index contributed by atoms with van der Waals surface area (Å²) < 4.78 is 10.7. The maximum atomic E-state index is 10.2. The molecule has 0 aliphatic heterocycles. The molecule has 1 atom stereocenters. The molecule has 0 saturated heterocycles. The molecule has 0 aliphatic carbocycles. The minimum atomic E-state index is -0.969. The van der Waals surface area contributed by atoms with Gasteiger partial charge in [-0.05, 0) is 38.5 Å². The van der Waals surface area contributed by atoms with Gasteiger partial charge in [-0.25, -0.2) is 0 Å². The highest BCUT2D eigenvalue weighted by molar-refractivity contribution is 5.32. The van der Waals surface area contributed by atoms with Crippen molar-refractivity contribution in [3.05, 3.63) is 29.8 Å². The van der Waals surface area contributed by atoms with Crippen molar-refractivity contribution < 1.29 is 14.6 Å². The fourth-order valence-electron chi connectivity index (χ4n) is 1.47. The van der Waals surface area contributed by atoms with E-state index in [-0.39, 0.29) is 0 Å². The highest BCUT2D eigenvalue weighted by Gasteiger charge is 2.23. The summed E-state index contributed by atoms with van der Waals surface area (Å²) in [6.45, 7) is 7.10. The van der Waals surface area contributed by atoms with Gasteiger partial charge in [0.2, 0.25) is 0 Å². The summed E-state index contributed by atoms with van der Waals surface area (Å²) >= 11 is 0. The fourth-order valence-corrected chi connectivity index (χ4v) is 1.47. The monoisotopic (exact) mass is 224 g/mol. The summed E-state index contributed by atoms with van der Waals surface area (Å²) in [6.07, 6.45) is 0. The quantitative estimate of drug-likeness (QED) is 0.806. The molecule has 3 heteroatoms. The Morgan fingerprint density at radius 2 is 2.00 bits per heavy atom. The van der Waals surface area contributed by atoms with Crippen LogP contribution in [0.5, 0.6) is 5.75 Å². The van der Waals surface area contributed by atoms with Crippen molar-refractivity contribution in [3.8, 4) is 5.75 Å². The predicted molar refractivity (Wildman–Crippen MR) is 63.7 cm³/mol. The maximum Gasteiger partial charge on any atom is 0.119 e. The summed E-state index contributed by atoms with van der Waals surface area (Å²) in [6, 6.07) is 7.48. The molecule has 1 aromatic carbocycles. The van der Waals surface area contributed by atoms with Gasteiger partial charge in [-0.2, -0.15) is 0 Å². The Balaban J connectivity index is 2.80. The molecule has 0 bridgehead atoms. The molecule has 0 aromatic heterocycles. The van der Waals surface area contributed by atoms with E-state index in [1.807, 2.05) is 38.1 Å². The number of rotatable bonds is 6. The molecule has 0 heterocycles. The highest BCUT2D eigenvalue weighted by Crippen LogP contribution is 2.24. The van der Waals surface area contributed by atoms with Crippen LogP contribution in [0.15, 0.2) is 24.3 Å². The first kappa shape index (κ1) is 13.0. The Morgan fingerprint density at radius 3 is 2.62 bits per heavy atom. The molecule has 1 N–H and O–H groups in total. The smallest absolute Gasteiger partial charge is 0.119 e. The van der Waals surface area contributed by atoms with Gasteiger partial charge in [0.25, 0.3) is 0 Å². The minimum Gasteiger partial charge on any atom is -0.494 e. The zero-order valence-electron chi connectivity index (χ0n) is 10.2. The topological polar surface area (TPSA) is 38.7 Å². The third-order valence-electron chi connectivity index (χ3n) is 2.35. The van der Waals surface area contributed by atoms with E-state index in [1.54, 1.807) is 6.92 Å². The Bertz CT molecular complexity index is 321. The molecule has 0 amide bonds. The molecule has 0 spiro atoms. The van der Waals surface area contributed by atoms with Gasteiger partial charge >= 0.3 is 0 Å². The first-order valence-corrected chi connectivity index (χ1v) is 5.63. The third-order valence-corrected chi connectivity index (χ3v) is 2.35. The van der Waals surface area contributed by atoms with Gasteiger partial charge in [0.05, 0.1) is 13.2 Å². The van der Waals surface area contributed by atoms with Gasteiger partial charge in [0, 0.05) is 6.61 Å². The van der Waals surface area contributed by atoms with Crippen molar-refractivity contribution in [3.63, 3.8) is 0 Å². The van der Waals surface area contributed by atoms with E-state index in [9.17, 15) is 5.11 Å². The van der Waals surface area contributed by atoms with Crippen molar-refractivity contribution in [2.75, 3.05) is 19.8 Å². The number of hydrogen-bond donors (Lipinski definition) is 1. The molecule has 90 valence electrons. The maximum absolute atomic E-state index is 10.2. The summed E-state index contributed by atoms with van der Waals surface area (Å²) in [5.74, 6) is 0.775. The number of benzene rings is 1. The first-order valence-electron chi connectivity index (χ1n) is 5.63. The molecule has 1 rings (SSSR count). The molecular formula is C13H20O3. The molecule has 0 saturated carbocycles. The lowest BCUT2D eigenvalue weighted by atomic mass is 9.97.